The van der Waals surface area contributed by atoms with Gasteiger partial charge in [-0.25, -0.2) is 18.2 Å². The molecule has 0 aliphatic carbocycles. The van der Waals surface area contributed by atoms with Crippen LogP contribution in [-0.2, 0) is 30.5 Å². The lowest BCUT2D eigenvalue weighted by atomic mass is 9.88. The molecule has 0 radical (unpaired) electrons. The van der Waals surface area contributed by atoms with E-state index in [9.17, 15) is 23.6 Å². The molecule has 2 N–H and O–H groups in total. The average Bonchev–Trinajstić information content (AvgIpc) is 3.90. The molecule has 3 aliphatic heterocycles. The molecule has 2 aromatic carbocycles. The lowest BCUT2D eigenvalue weighted by molar-refractivity contribution is -0.137. The van der Waals surface area contributed by atoms with Crippen LogP contribution < -0.4 is 10.6 Å². The molecule has 3 aromatic rings. The summed E-state index contributed by atoms with van der Waals surface area (Å²) in [4.78, 5) is 58.2. The van der Waals surface area contributed by atoms with Crippen LogP contribution in [0.5, 0.6) is 0 Å². The van der Waals surface area contributed by atoms with Crippen molar-refractivity contribution in [2.75, 3.05) is 57.4 Å². The van der Waals surface area contributed by atoms with E-state index in [0.717, 1.165) is 23.8 Å². The number of ether oxygens (including phenoxy) is 1. The van der Waals surface area contributed by atoms with Crippen molar-refractivity contribution in [1.29, 1.82) is 0 Å². The zero-order valence-electron chi connectivity index (χ0n) is 31.3. The van der Waals surface area contributed by atoms with Gasteiger partial charge < -0.3 is 24.8 Å². The van der Waals surface area contributed by atoms with Crippen LogP contribution in [0, 0.1) is 23.5 Å². The number of thioether (sulfide) groups is 1. The largest absolute Gasteiger partial charge is 0.381 e. The van der Waals surface area contributed by atoms with Gasteiger partial charge in [-0.05, 0) is 55.4 Å². The Bertz CT molecular complexity index is 1840. The Labute approximate surface area is 329 Å². The highest BCUT2D eigenvalue weighted by molar-refractivity contribution is 7.99. The maximum Gasteiger partial charge on any atom is 0.253 e. The fourth-order valence-corrected chi connectivity index (χ4v) is 8.24. The number of aromatic nitrogens is 2. The second-order valence-electron chi connectivity index (χ2n) is 14.5. The molecular weight excluding hydrogens is 746 g/mol. The van der Waals surface area contributed by atoms with Gasteiger partial charge in [-0.15, -0.1) is 0 Å². The van der Waals surface area contributed by atoms with Crippen LogP contribution >= 0.6 is 11.8 Å². The number of imide groups is 1. The first-order chi connectivity index (χ1) is 27.2. The predicted octanol–water partition coefficient (Wildman–Crippen LogP) is 5.07. The van der Waals surface area contributed by atoms with Gasteiger partial charge in [-0.2, -0.15) is 11.8 Å². The van der Waals surface area contributed by atoms with E-state index >= 15 is 8.78 Å². The van der Waals surface area contributed by atoms with Crippen LogP contribution in [0.4, 0.5) is 13.2 Å². The summed E-state index contributed by atoms with van der Waals surface area (Å²) in [5.41, 5.74) is 1.20. The van der Waals surface area contributed by atoms with Crippen LogP contribution in [0.25, 0.3) is 11.3 Å². The van der Waals surface area contributed by atoms with Crippen LogP contribution in [0.1, 0.15) is 56.0 Å². The molecule has 3 aliphatic rings. The number of halogens is 3. The summed E-state index contributed by atoms with van der Waals surface area (Å²) in [5.74, 6) is -1.63. The van der Waals surface area contributed by atoms with Gasteiger partial charge in [0.15, 0.2) is 0 Å². The highest BCUT2D eigenvalue weighted by Crippen LogP contribution is 2.38. The minimum absolute atomic E-state index is 0.00990. The van der Waals surface area contributed by atoms with Gasteiger partial charge >= 0.3 is 0 Å². The first-order valence-electron chi connectivity index (χ1n) is 19.3. The standard InChI is InChI=1S/C41H49F3N6O5S/c42-31-10-11-33(43)32(21-31)35-26-48(24-28-7-3-1-4-8-28)41(47-35)40(29-14-18-55-19-15-29)50(25-30-22-45-23-34(30)44)39(54)27-56-20-16-46-36(51)9-5-2-6-17-49-37(52)12-13-38(49)53/h1,3-4,7-8,10-13,21,26,29-30,34,40,45H,2,5-6,9,14-20,22-25,27H2,(H,46,51). The third kappa shape index (κ3) is 10.9. The van der Waals surface area contributed by atoms with Crippen LogP contribution in [0.2, 0.25) is 0 Å². The molecule has 0 saturated carbocycles. The van der Waals surface area contributed by atoms with Crippen molar-refractivity contribution in [3.63, 3.8) is 0 Å². The normalized spacial score (nSPS) is 19.2. The number of hydrogen-bond donors (Lipinski definition) is 2. The van der Waals surface area contributed by atoms with Crippen molar-refractivity contribution in [3.8, 4) is 11.3 Å². The number of nitrogens with zero attached hydrogens (tertiary/aromatic N) is 4. The molecule has 300 valence electrons. The summed E-state index contributed by atoms with van der Waals surface area (Å²) >= 11 is 1.37. The Kier molecular flexibility index (Phi) is 14.8. The van der Waals surface area contributed by atoms with E-state index in [-0.39, 0.29) is 59.6 Å². The number of carbonyl (C=O) groups is 4. The fourth-order valence-electron chi connectivity index (χ4n) is 7.51. The Morgan fingerprint density at radius 1 is 1.02 bits per heavy atom. The van der Waals surface area contributed by atoms with E-state index in [0.29, 0.717) is 89.5 Å². The SMILES string of the molecule is O=C(CCCCCN1C(=O)C=CC1=O)NCCSCC(=O)N(CC1CNCC1F)C(c1nc(-c2cc(F)ccc2F)cn1Cc1ccccc1)C1CCOCC1. The third-order valence-electron chi connectivity index (χ3n) is 10.5. The first-order valence-corrected chi connectivity index (χ1v) is 20.5. The van der Waals surface area contributed by atoms with E-state index < -0.39 is 29.8 Å². The lowest BCUT2D eigenvalue weighted by Gasteiger charge is -2.40. The van der Waals surface area contributed by atoms with Crippen molar-refractivity contribution in [2.45, 2.75) is 57.3 Å². The molecule has 11 nitrogen and oxygen atoms in total. The molecule has 1 aromatic heterocycles. The smallest absolute Gasteiger partial charge is 0.253 e. The zero-order chi connectivity index (χ0) is 39.4. The van der Waals surface area contributed by atoms with Crippen LogP contribution in [0.15, 0.2) is 66.9 Å². The zero-order valence-corrected chi connectivity index (χ0v) is 32.2. The van der Waals surface area contributed by atoms with Gasteiger partial charge in [-0.1, -0.05) is 36.8 Å². The molecule has 2 fully saturated rings. The van der Waals surface area contributed by atoms with Crippen molar-refractivity contribution in [3.05, 3.63) is 89.9 Å². The van der Waals surface area contributed by atoms with Gasteiger partial charge in [-0.3, -0.25) is 24.1 Å². The Morgan fingerprint density at radius 2 is 1.79 bits per heavy atom. The maximum absolute atomic E-state index is 15.3. The quantitative estimate of drug-likeness (QED) is 0.128. The Balaban J connectivity index is 1.16. The number of nitrogens with one attached hydrogen (secondary N) is 2. The molecule has 4 heterocycles. The topological polar surface area (TPSA) is 126 Å². The van der Waals surface area contributed by atoms with Crippen LogP contribution in [0.3, 0.4) is 0 Å². The molecule has 6 rings (SSSR count). The third-order valence-corrected chi connectivity index (χ3v) is 11.5. The highest BCUT2D eigenvalue weighted by Gasteiger charge is 2.40. The second-order valence-corrected chi connectivity index (χ2v) is 15.6. The number of alkyl halides is 1. The molecule has 2 saturated heterocycles. The number of hydrogen-bond acceptors (Lipinski definition) is 8. The van der Waals surface area contributed by atoms with Gasteiger partial charge in [0.1, 0.15) is 23.6 Å². The monoisotopic (exact) mass is 794 g/mol. The summed E-state index contributed by atoms with van der Waals surface area (Å²) in [6, 6.07) is 12.3. The summed E-state index contributed by atoms with van der Waals surface area (Å²) in [5, 5.41) is 6.00. The van der Waals surface area contributed by atoms with Crippen molar-refractivity contribution in [1.82, 2.24) is 30.0 Å². The van der Waals surface area contributed by atoms with Crippen molar-refractivity contribution >= 4 is 35.4 Å². The van der Waals surface area contributed by atoms with Gasteiger partial charge in [0.2, 0.25) is 11.8 Å². The van der Waals surface area contributed by atoms with Gasteiger partial charge in [0, 0.05) is 94.5 Å². The van der Waals surface area contributed by atoms with Gasteiger partial charge in [0.05, 0.1) is 17.5 Å². The summed E-state index contributed by atoms with van der Waals surface area (Å²) in [7, 11) is 0. The van der Waals surface area contributed by atoms with Crippen molar-refractivity contribution < 1.29 is 37.1 Å². The molecule has 3 atom stereocenters. The molecular formula is C41H49F3N6O5S. The Hall–Kier alpha value is -4.47. The van der Waals surface area contributed by atoms with Crippen LogP contribution in [-0.4, -0.2) is 107 Å². The average molecular weight is 795 g/mol. The lowest BCUT2D eigenvalue weighted by Crippen LogP contribution is -2.46. The van der Waals surface area contributed by atoms with E-state index in [2.05, 4.69) is 10.6 Å². The number of imidazole rings is 1. The van der Waals surface area contributed by atoms with Crippen molar-refractivity contribution in [2.24, 2.45) is 11.8 Å². The molecule has 3 unspecified atom stereocenters. The first kappa shape index (κ1) is 41.2. The van der Waals surface area contributed by atoms with E-state index in [1.807, 2.05) is 34.9 Å². The number of benzene rings is 2. The number of rotatable bonds is 19. The number of amides is 4. The maximum atomic E-state index is 15.3. The molecule has 4 amide bonds. The molecule has 15 heteroatoms. The minimum atomic E-state index is -1.15. The summed E-state index contributed by atoms with van der Waals surface area (Å²) in [6.07, 6.45) is 6.56. The van der Waals surface area contributed by atoms with Gasteiger partial charge in [0.25, 0.3) is 11.8 Å². The molecule has 56 heavy (non-hydrogen) atoms. The number of unbranched alkanes of at least 4 members (excludes halogenated alkanes) is 2. The predicted molar refractivity (Wildman–Crippen MR) is 207 cm³/mol. The summed E-state index contributed by atoms with van der Waals surface area (Å²) in [6.45, 7) is 2.76. The summed E-state index contributed by atoms with van der Waals surface area (Å²) < 4.78 is 52.5. The number of carbonyl (C=O) groups excluding carboxylic acids is 4. The molecule has 0 bridgehead atoms. The van der Waals surface area contributed by atoms with E-state index in [1.165, 1.54) is 28.8 Å². The molecule has 0 spiro atoms. The second kappa shape index (κ2) is 20.1. The fraction of sp³-hybridized carbons (Fsp3) is 0.488. The Morgan fingerprint density at radius 3 is 2.52 bits per heavy atom. The minimum Gasteiger partial charge on any atom is -0.381 e. The van der Waals surface area contributed by atoms with E-state index in [1.54, 1.807) is 11.1 Å². The highest BCUT2D eigenvalue weighted by atomic mass is 32.2. The van der Waals surface area contributed by atoms with E-state index in [4.69, 9.17) is 9.72 Å².